The van der Waals surface area contributed by atoms with E-state index >= 15 is 0 Å². The number of piperidine rings is 1. The summed E-state index contributed by atoms with van der Waals surface area (Å²) in [6.45, 7) is 2.18. The minimum Gasteiger partial charge on any atom is -0.495 e. The SMILES string of the molecule is COCCNC(=S)Nc1ccc(OC)c(S(=O)(=O)N2CCCCC2)c1. The smallest absolute Gasteiger partial charge is 0.246 e. The van der Waals surface area contributed by atoms with Crippen molar-refractivity contribution < 1.29 is 17.9 Å². The molecule has 0 atom stereocenters. The standard InChI is InChI=1S/C16H25N3O4S2/c1-22-11-8-17-16(24)18-13-6-7-14(23-2)15(12-13)25(20,21)19-9-4-3-5-10-19/h6-7,12H,3-5,8-11H2,1-2H3,(H2,17,18,24). The summed E-state index contributed by atoms with van der Waals surface area (Å²) in [4.78, 5) is 0.154. The van der Waals surface area contributed by atoms with Crippen LogP contribution in [0.1, 0.15) is 19.3 Å². The Morgan fingerprint density at radius 2 is 1.96 bits per heavy atom. The van der Waals surface area contributed by atoms with Crippen LogP contribution < -0.4 is 15.4 Å². The highest BCUT2D eigenvalue weighted by Gasteiger charge is 2.29. The molecule has 140 valence electrons. The number of ether oxygens (including phenoxy) is 2. The van der Waals surface area contributed by atoms with Gasteiger partial charge in [0.1, 0.15) is 10.6 Å². The molecule has 1 heterocycles. The first-order valence-corrected chi connectivity index (χ1v) is 10.1. The van der Waals surface area contributed by atoms with E-state index in [9.17, 15) is 8.42 Å². The van der Waals surface area contributed by atoms with Gasteiger partial charge >= 0.3 is 0 Å². The number of nitrogens with one attached hydrogen (secondary N) is 2. The van der Waals surface area contributed by atoms with Gasteiger partial charge in [0, 0.05) is 32.4 Å². The number of sulfonamides is 1. The molecule has 0 spiro atoms. The zero-order valence-electron chi connectivity index (χ0n) is 14.6. The van der Waals surface area contributed by atoms with E-state index < -0.39 is 10.0 Å². The first kappa shape index (κ1) is 19.9. The largest absolute Gasteiger partial charge is 0.495 e. The molecule has 1 aliphatic rings. The molecule has 1 aromatic rings. The Morgan fingerprint density at radius 1 is 1.24 bits per heavy atom. The minimum atomic E-state index is -3.60. The highest BCUT2D eigenvalue weighted by Crippen LogP contribution is 2.31. The Labute approximate surface area is 154 Å². The fourth-order valence-corrected chi connectivity index (χ4v) is 4.56. The molecule has 0 unspecified atom stereocenters. The van der Waals surface area contributed by atoms with Gasteiger partial charge in [0.2, 0.25) is 10.0 Å². The second kappa shape index (κ2) is 9.33. The van der Waals surface area contributed by atoms with Crippen molar-refractivity contribution in [3.05, 3.63) is 18.2 Å². The van der Waals surface area contributed by atoms with E-state index in [1.807, 2.05) is 0 Å². The lowest BCUT2D eigenvalue weighted by Gasteiger charge is -2.26. The normalized spacial score (nSPS) is 15.6. The lowest BCUT2D eigenvalue weighted by molar-refractivity contribution is 0.204. The van der Waals surface area contributed by atoms with Crippen LogP contribution in [0.3, 0.4) is 0 Å². The molecule has 1 saturated heterocycles. The van der Waals surface area contributed by atoms with Crippen LogP contribution in [0.15, 0.2) is 23.1 Å². The number of hydrogen-bond acceptors (Lipinski definition) is 5. The monoisotopic (exact) mass is 387 g/mol. The van der Waals surface area contributed by atoms with Gasteiger partial charge in [0.15, 0.2) is 5.11 Å². The summed E-state index contributed by atoms with van der Waals surface area (Å²) in [7, 11) is -0.522. The molecule has 0 aromatic heterocycles. The minimum absolute atomic E-state index is 0.154. The molecule has 1 aliphatic heterocycles. The summed E-state index contributed by atoms with van der Waals surface area (Å²) in [6, 6.07) is 4.93. The summed E-state index contributed by atoms with van der Waals surface area (Å²) in [5.41, 5.74) is 0.589. The third-order valence-corrected chi connectivity index (χ3v) is 6.11. The van der Waals surface area contributed by atoms with Gasteiger partial charge in [0.25, 0.3) is 0 Å². The van der Waals surface area contributed by atoms with Gasteiger partial charge in [-0.05, 0) is 43.3 Å². The highest BCUT2D eigenvalue weighted by molar-refractivity contribution is 7.89. The Balaban J connectivity index is 2.20. The molecular weight excluding hydrogens is 362 g/mol. The first-order chi connectivity index (χ1) is 12.0. The Morgan fingerprint density at radius 3 is 2.60 bits per heavy atom. The number of benzene rings is 1. The summed E-state index contributed by atoms with van der Waals surface area (Å²) < 4.78 is 37.7. The van der Waals surface area contributed by atoms with Crippen molar-refractivity contribution in [2.45, 2.75) is 24.2 Å². The highest BCUT2D eigenvalue weighted by atomic mass is 32.2. The van der Waals surface area contributed by atoms with Crippen LogP contribution in [0.5, 0.6) is 5.75 Å². The molecule has 1 aromatic carbocycles. The Bertz CT molecular complexity index is 689. The second-order valence-electron chi connectivity index (χ2n) is 5.70. The first-order valence-electron chi connectivity index (χ1n) is 8.21. The Hall–Kier alpha value is -1.42. The van der Waals surface area contributed by atoms with Crippen molar-refractivity contribution in [3.8, 4) is 5.75 Å². The van der Waals surface area contributed by atoms with Crippen molar-refractivity contribution in [1.29, 1.82) is 0 Å². The Kier molecular flexibility index (Phi) is 7.42. The zero-order valence-corrected chi connectivity index (χ0v) is 16.2. The quantitative estimate of drug-likeness (QED) is 0.545. The number of nitrogens with zero attached hydrogens (tertiary/aromatic N) is 1. The fourth-order valence-electron chi connectivity index (χ4n) is 2.64. The maximum absolute atomic E-state index is 13.0. The lowest BCUT2D eigenvalue weighted by atomic mass is 10.2. The molecule has 9 heteroatoms. The van der Waals surface area contributed by atoms with Crippen molar-refractivity contribution in [3.63, 3.8) is 0 Å². The van der Waals surface area contributed by atoms with Gasteiger partial charge in [-0.2, -0.15) is 4.31 Å². The maximum atomic E-state index is 13.0. The van der Waals surface area contributed by atoms with Gasteiger partial charge in [-0.1, -0.05) is 6.42 Å². The molecule has 0 saturated carbocycles. The molecule has 2 rings (SSSR count). The van der Waals surface area contributed by atoms with Crippen LogP contribution in [0.25, 0.3) is 0 Å². The van der Waals surface area contributed by atoms with E-state index in [1.54, 1.807) is 25.3 Å². The summed E-state index contributed by atoms with van der Waals surface area (Å²) >= 11 is 5.20. The molecule has 25 heavy (non-hydrogen) atoms. The zero-order chi connectivity index (χ0) is 18.3. The van der Waals surface area contributed by atoms with Gasteiger partial charge in [-0.3, -0.25) is 0 Å². The van der Waals surface area contributed by atoms with E-state index in [4.69, 9.17) is 21.7 Å². The summed E-state index contributed by atoms with van der Waals surface area (Å²) in [6.07, 6.45) is 2.83. The van der Waals surface area contributed by atoms with Gasteiger partial charge in [0.05, 0.1) is 13.7 Å². The maximum Gasteiger partial charge on any atom is 0.246 e. The van der Waals surface area contributed by atoms with Crippen LogP contribution in [0, 0.1) is 0 Å². The predicted molar refractivity (Wildman–Crippen MR) is 102 cm³/mol. The molecule has 0 bridgehead atoms. The third-order valence-electron chi connectivity index (χ3n) is 3.95. The number of hydrogen-bond donors (Lipinski definition) is 2. The molecule has 0 amide bonds. The topological polar surface area (TPSA) is 79.9 Å². The van der Waals surface area contributed by atoms with Crippen molar-refractivity contribution in [1.82, 2.24) is 9.62 Å². The van der Waals surface area contributed by atoms with Crippen LogP contribution in [0.4, 0.5) is 5.69 Å². The third kappa shape index (κ3) is 5.27. The van der Waals surface area contributed by atoms with E-state index in [2.05, 4.69) is 10.6 Å². The molecule has 0 radical (unpaired) electrons. The average Bonchev–Trinajstić information content (AvgIpc) is 2.62. The van der Waals surface area contributed by atoms with Gasteiger partial charge in [-0.15, -0.1) is 0 Å². The van der Waals surface area contributed by atoms with Crippen LogP contribution in [-0.4, -0.2) is 58.3 Å². The van der Waals surface area contributed by atoms with Crippen LogP contribution in [0.2, 0.25) is 0 Å². The second-order valence-corrected chi connectivity index (χ2v) is 8.02. The van der Waals surface area contributed by atoms with E-state index in [1.165, 1.54) is 11.4 Å². The van der Waals surface area contributed by atoms with Gasteiger partial charge in [-0.25, -0.2) is 8.42 Å². The average molecular weight is 388 g/mol. The van der Waals surface area contributed by atoms with E-state index in [-0.39, 0.29) is 4.90 Å². The molecule has 7 nitrogen and oxygen atoms in total. The van der Waals surface area contributed by atoms with Crippen LogP contribution in [-0.2, 0) is 14.8 Å². The van der Waals surface area contributed by atoms with Crippen molar-refractivity contribution >= 4 is 33.0 Å². The van der Waals surface area contributed by atoms with E-state index in [0.717, 1.165) is 19.3 Å². The molecule has 0 aliphatic carbocycles. The molecule has 2 N–H and O–H groups in total. The van der Waals surface area contributed by atoms with Crippen molar-refractivity contribution in [2.75, 3.05) is 45.8 Å². The van der Waals surface area contributed by atoms with Crippen molar-refractivity contribution in [2.24, 2.45) is 0 Å². The fraction of sp³-hybridized carbons (Fsp3) is 0.562. The number of methoxy groups -OCH3 is 2. The summed E-state index contributed by atoms with van der Waals surface area (Å²) in [5, 5.41) is 6.39. The molecule has 1 fully saturated rings. The van der Waals surface area contributed by atoms with Gasteiger partial charge < -0.3 is 20.1 Å². The predicted octanol–water partition coefficient (Wildman–Crippen LogP) is 1.80. The number of thiocarbonyl (C=S) groups is 1. The van der Waals surface area contributed by atoms with E-state index in [0.29, 0.717) is 42.8 Å². The van der Waals surface area contributed by atoms with Crippen LogP contribution >= 0.6 is 12.2 Å². The number of rotatable bonds is 7. The summed E-state index contributed by atoms with van der Waals surface area (Å²) in [5.74, 6) is 0.328. The lowest BCUT2D eigenvalue weighted by Crippen LogP contribution is -2.36. The molecular formula is C16H25N3O4S2. The number of anilines is 1.